The maximum Gasteiger partial charge on any atom is 0.254 e. The molecular formula is C35H41N5O5S. The number of carbonyl (C=O) groups excluding carboxylic acids is 2. The molecule has 10 nitrogen and oxygen atoms in total. The number of hydrogen-bond donors (Lipinski definition) is 3. The molecule has 3 aromatic rings. The molecule has 242 valence electrons. The third-order valence-electron chi connectivity index (χ3n) is 8.90. The van der Waals surface area contributed by atoms with Crippen molar-refractivity contribution >= 4 is 28.7 Å². The number of nitrogens with zero attached hydrogens (tertiary/aromatic N) is 3. The lowest BCUT2D eigenvalue weighted by molar-refractivity contribution is -0.127. The third kappa shape index (κ3) is 7.39. The number of aryl methyl sites for hydroxylation is 1. The SMILES string of the molecule is C=CCOC1CNC(C(O)C(Cc2ccccc2)NC(=O)C2C=C(C(=O)N3CCCC3c3nc(C)cs3)C=C(c3ncco3)C2)C1. The summed E-state index contributed by atoms with van der Waals surface area (Å²) in [6.45, 7) is 7.35. The van der Waals surface area contributed by atoms with E-state index in [2.05, 4.69) is 27.2 Å². The summed E-state index contributed by atoms with van der Waals surface area (Å²) in [5, 5.41) is 21.1. The van der Waals surface area contributed by atoms with Crippen LogP contribution >= 0.6 is 11.3 Å². The summed E-state index contributed by atoms with van der Waals surface area (Å²) in [5.74, 6) is -0.696. The Kier molecular flexibility index (Phi) is 10.2. The predicted molar refractivity (Wildman–Crippen MR) is 176 cm³/mol. The van der Waals surface area contributed by atoms with E-state index in [1.807, 2.05) is 47.5 Å². The minimum absolute atomic E-state index is 0.0447. The number of amides is 2. The summed E-state index contributed by atoms with van der Waals surface area (Å²) < 4.78 is 11.4. The number of aliphatic hydroxyl groups is 1. The van der Waals surface area contributed by atoms with E-state index in [0.29, 0.717) is 56.0 Å². The molecule has 0 spiro atoms. The summed E-state index contributed by atoms with van der Waals surface area (Å²) in [7, 11) is 0. The van der Waals surface area contributed by atoms with Gasteiger partial charge in [-0.3, -0.25) is 9.59 Å². The van der Waals surface area contributed by atoms with Crippen LogP contribution in [-0.4, -0.2) is 75.8 Å². The summed E-state index contributed by atoms with van der Waals surface area (Å²) >= 11 is 1.57. The highest BCUT2D eigenvalue weighted by atomic mass is 32.1. The second-order valence-corrected chi connectivity index (χ2v) is 13.1. The van der Waals surface area contributed by atoms with Crippen LogP contribution in [0.2, 0.25) is 0 Å². The van der Waals surface area contributed by atoms with Gasteiger partial charge in [0, 0.05) is 41.4 Å². The fourth-order valence-corrected chi connectivity index (χ4v) is 7.56. The van der Waals surface area contributed by atoms with Gasteiger partial charge in [-0.05, 0) is 50.7 Å². The number of rotatable bonds is 12. The summed E-state index contributed by atoms with van der Waals surface area (Å²) in [5.41, 5.74) is 3.05. The second-order valence-electron chi connectivity index (χ2n) is 12.2. The number of aliphatic hydroxyl groups excluding tert-OH is 1. The first-order valence-electron chi connectivity index (χ1n) is 15.9. The van der Waals surface area contributed by atoms with Gasteiger partial charge in [-0.25, -0.2) is 9.97 Å². The first kappa shape index (κ1) is 32.1. The molecule has 6 rings (SSSR count). The van der Waals surface area contributed by atoms with E-state index in [1.54, 1.807) is 35.8 Å². The highest BCUT2D eigenvalue weighted by molar-refractivity contribution is 7.09. The van der Waals surface area contributed by atoms with Crippen LogP contribution in [0.3, 0.4) is 0 Å². The number of likely N-dealkylation sites (tertiary alicyclic amines) is 1. The highest BCUT2D eigenvalue weighted by Gasteiger charge is 2.38. The molecule has 6 unspecified atom stereocenters. The highest BCUT2D eigenvalue weighted by Crippen LogP contribution is 2.37. The van der Waals surface area contributed by atoms with Gasteiger partial charge >= 0.3 is 0 Å². The first-order chi connectivity index (χ1) is 22.4. The molecule has 2 aliphatic heterocycles. The number of aromatic nitrogens is 2. The van der Waals surface area contributed by atoms with E-state index in [-0.39, 0.29) is 30.0 Å². The van der Waals surface area contributed by atoms with Crippen molar-refractivity contribution < 1.29 is 23.8 Å². The standard InChI is InChI=1S/C35H41N5O5S/c1-3-13-44-27-19-28(37-20-27)31(41)29(15-23-8-5-4-6-9-23)39-32(42)24-16-25(33-36-11-14-45-33)18-26(17-24)35(43)40-12-7-10-30(40)34-38-22(2)21-46-34/h3-6,8-9,11,14,17-18,21,24,27-31,37,41H,1,7,10,12-13,15-16,19-20H2,2H3,(H,39,42). The van der Waals surface area contributed by atoms with E-state index in [1.165, 1.54) is 6.26 Å². The maximum atomic E-state index is 14.1. The Morgan fingerprint density at radius 3 is 2.91 bits per heavy atom. The summed E-state index contributed by atoms with van der Waals surface area (Å²) in [6.07, 6.45) is 10.5. The van der Waals surface area contributed by atoms with E-state index in [0.717, 1.165) is 29.1 Å². The van der Waals surface area contributed by atoms with Crippen LogP contribution in [0, 0.1) is 12.8 Å². The van der Waals surface area contributed by atoms with Gasteiger partial charge in [-0.2, -0.15) is 0 Å². The zero-order valence-electron chi connectivity index (χ0n) is 26.0. The Balaban J connectivity index is 1.24. The van der Waals surface area contributed by atoms with Crippen molar-refractivity contribution in [3.8, 4) is 0 Å². The van der Waals surface area contributed by atoms with Crippen molar-refractivity contribution in [2.24, 2.45) is 5.92 Å². The lowest BCUT2D eigenvalue weighted by Crippen LogP contribution is -2.53. The lowest BCUT2D eigenvalue weighted by Gasteiger charge is -2.31. The topological polar surface area (TPSA) is 130 Å². The number of hydrogen-bond acceptors (Lipinski definition) is 9. The number of ether oxygens (including phenoxy) is 1. The second kappa shape index (κ2) is 14.7. The fourth-order valence-electron chi connectivity index (χ4n) is 6.62. The molecule has 6 atom stereocenters. The molecule has 11 heteroatoms. The zero-order valence-corrected chi connectivity index (χ0v) is 26.8. The van der Waals surface area contributed by atoms with Crippen molar-refractivity contribution in [2.75, 3.05) is 19.7 Å². The van der Waals surface area contributed by atoms with Gasteiger partial charge in [0.05, 0.1) is 43.0 Å². The van der Waals surface area contributed by atoms with E-state index in [4.69, 9.17) is 9.15 Å². The van der Waals surface area contributed by atoms with Crippen LogP contribution in [0.5, 0.6) is 0 Å². The third-order valence-corrected chi connectivity index (χ3v) is 9.97. The van der Waals surface area contributed by atoms with Crippen LogP contribution in [0.1, 0.15) is 53.9 Å². The van der Waals surface area contributed by atoms with Crippen LogP contribution < -0.4 is 10.6 Å². The lowest BCUT2D eigenvalue weighted by atomic mass is 9.87. The summed E-state index contributed by atoms with van der Waals surface area (Å²) in [4.78, 5) is 39.0. The smallest absolute Gasteiger partial charge is 0.254 e. The number of benzene rings is 1. The van der Waals surface area contributed by atoms with Crippen LogP contribution in [0.25, 0.3) is 5.57 Å². The van der Waals surface area contributed by atoms with E-state index >= 15 is 0 Å². The van der Waals surface area contributed by atoms with Crippen molar-refractivity contribution in [1.82, 2.24) is 25.5 Å². The molecule has 4 heterocycles. The number of allylic oxidation sites excluding steroid dienone is 1. The average molecular weight is 644 g/mol. The zero-order chi connectivity index (χ0) is 32.0. The number of nitrogens with one attached hydrogen (secondary N) is 2. The fraction of sp³-hybridized carbons (Fsp3) is 0.429. The van der Waals surface area contributed by atoms with E-state index in [9.17, 15) is 14.7 Å². The van der Waals surface area contributed by atoms with Crippen LogP contribution in [0.15, 0.2) is 83.0 Å². The molecule has 2 aromatic heterocycles. The molecule has 46 heavy (non-hydrogen) atoms. The quantitative estimate of drug-likeness (QED) is 0.251. The van der Waals surface area contributed by atoms with Gasteiger partial charge in [0.1, 0.15) is 11.3 Å². The molecule has 2 fully saturated rings. The van der Waals surface area contributed by atoms with Gasteiger partial charge in [0.15, 0.2) is 0 Å². The van der Waals surface area contributed by atoms with Crippen molar-refractivity contribution in [3.05, 3.63) is 101 Å². The monoisotopic (exact) mass is 643 g/mol. The normalized spacial score (nSPS) is 24.3. The minimum Gasteiger partial charge on any atom is -0.445 e. The molecular weight excluding hydrogens is 602 g/mol. The van der Waals surface area contributed by atoms with E-state index < -0.39 is 18.1 Å². The van der Waals surface area contributed by atoms with Crippen molar-refractivity contribution in [3.63, 3.8) is 0 Å². The molecule has 1 aliphatic carbocycles. The van der Waals surface area contributed by atoms with Crippen LogP contribution in [0.4, 0.5) is 0 Å². The minimum atomic E-state index is -0.871. The largest absolute Gasteiger partial charge is 0.445 e. The molecule has 2 saturated heterocycles. The van der Waals surface area contributed by atoms with Crippen molar-refractivity contribution in [1.29, 1.82) is 0 Å². The maximum absolute atomic E-state index is 14.1. The molecule has 2 amide bonds. The van der Waals surface area contributed by atoms with Crippen LogP contribution in [-0.2, 0) is 20.7 Å². The Hall–Kier alpha value is -3.90. The average Bonchev–Trinajstić information content (AvgIpc) is 3.91. The number of carbonyl (C=O) groups is 2. The molecule has 0 radical (unpaired) electrons. The van der Waals surface area contributed by atoms with Gasteiger partial charge in [0.2, 0.25) is 11.8 Å². The van der Waals surface area contributed by atoms with Gasteiger partial charge in [-0.15, -0.1) is 17.9 Å². The Bertz CT molecular complexity index is 1570. The number of oxazole rings is 1. The Morgan fingerprint density at radius 1 is 1.33 bits per heavy atom. The summed E-state index contributed by atoms with van der Waals surface area (Å²) in [6, 6.07) is 8.88. The Morgan fingerprint density at radius 2 is 2.17 bits per heavy atom. The van der Waals surface area contributed by atoms with Gasteiger partial charge < -0.3 is 29.8 Å². The Labute approximate surface area is 273 Å². The molecule has 3 N–H and O–H groups in total. The first-order valence-corrected chi connectivity index (χ1v) is 16.8. The molecule has 1 aromatic carbocycles. The molecule has 0 bridgehead atoms. The molecule has 3 aliphatic rings. The number of thiazole rings is 1. The van der Waals surface area contributed by atoms with Gasteiger partial charge in [0.25, 0.3) is 5.91 Å². The predicted octanol–water partition coefficient (Wildman–Crippen LogP) is 4.15. The molecule has 0 saturated carbocycles. The van der Waals surface area contributed by atoms with Crippen molar-refractivity contribution in [2.45, 2.75) is 69.4 Å². The van der Waals surface area contributed by atoms with Gasteiger partial charge in [-0.1, -0.05) is 42.5 Å².